The molecule has 4 nitrogen and oxygen atoms in total. The van der Waals surface area contributed by atoms with E-state index in [9.17, 15) is 0 Å². The monoisotopic (exact) mass is 188 g/mol. The summed E-state index contributed by atoms with van der Waals surface area (Å²) in [6.45, 7) is 2.52. The number of hydrogen-bond acceptors (Lipinski definition) is 4. The van der Waals surface area contributed by atoms with Crippen LogP contribution in [-0.4, -0.2) is 55.5 Å². The van der Waals surface area contributed by atoms with Gasteiger partial charge in [0.2, 0.25) is 0 Å². The SMILES string of the molecule is COCCN(CC(N)CO)C1CC1. The van der Waals surface area contributed by atoms with Crippen molar-refractivity contribution in [1.82, 2.24) is 4.90 Å². The van der Waals surface area contributed by atoms with Crippen LogP contribution in [-0.2, 0) is 4.74 Å². The molecule has 1 aliphatic rings. The lowest BCUT2D eigenvalue weighted by atomic mass is 10.3. The van der Waals surface area contributed by atoms with E-state index in [-0.39, 0.29) is 12.6 Å². The predicted octanol–water partition coefficient (Wildman–Crippen LogP) is -0.583. The second-order valence-electron chi connectivity index (χ2n) is 3.66. The molecule has 1 fully saturated rings. The smallest absolute Gasteiger partial charge is 0.0595 e. The number of hydrogen-bond donors (Lipinski definition) is 2. The second-order valence-corrected chi connectivity index (χ2v) is 3.66. The maximum absolute atomic E-state index is 8.83. The van der Waals surface area contributed by atoms with E-state index in [1.54, 1.807) is 7.11 Å². The fourth-order valence-corrected chi connectivity index (χ4v) is 1.43. The Morgan fingerprint density at radius 2 is 2.31 bits per heavy atom. The Kier molecular flexibility index (Phi) is 4.66. The summed E-state index contributed by atoms with van der Waals surface area (Å²) < 4.78 is 5.02. The van der Waals surface area contributed by atoms with E-state index < -0.39 is 0 Å². The number of nitrogens with two attached hydrogens (primary N) is 1. The average Bonchev–Trinajstić information content (AvgIpc) is 2.94. The number of ether oxygens (including phenoxy) is 1. The quantitative estimate of drug-likeness (QED) is 0.561. The zero-order valence-electron chi connectivity index (χ0n) is 8.28. The predicted molar refractivity (Wildman–Crippen MR) is 51.5 cm³/mol. The van der Waals surface area contributed by atoms with Gasteiger partial charge in [0.15, 0.2) is 0 Å². The molecular weight excluding hydrogens is 168 g/mol. The number of aliphatic hydroxyl groups excluding tert-OH is 1. The van der Waals surface area contributed by atoms with Crippen molar-refractivity contribution in [2.24, 2.45) is 5.73 Å². The number of rotatable bonds is 7. The molecule has 0 bridgehead atoms. The molecule has 1 atom stereocenters. The molecule has 78 valence electrons. The van der Waals surface area contributed by atoms with Gasteiger partial charge in [-0.1, -0.05) is 0 Å². The van der Waals surface area contributed by atoms with Crippen molar-refractivity contribution in [2.75, 3.05) is 33.4 Å². The van der Waals surface area contributed by atoms with Crippen LogP contribution in [0.1, 0.15) is 12.8 Å². The first kappa shape index (κ1) is 10.9. The van der Waals surface area contributed by atoms with Crippen LogP contribution in [0, 0.1) is 0 Å². The normalized spacial score (nSPS) is 19.4. The Labute approximate surface area is 79.7 Å². The van der Waals surface area contributed by atoms with Crippen molar-refractivity contribution >= 4 is 0 Å². The van der Waals surface area contributed by atoms with Crippen LogP contribution in [0.25, 0.3) is 0 Å². The van der Waals surface area contributed by atoms with E-state index in [0.29, 0.717) is 6.04 Å². The molecular formula is C9H20N2O2. The standard InChI is InChI=1S/C9H20N2O2/c1-13-5-4-11(9-2-3-9)6-8(10)7-12/h8-9,12H,2-7,10H2,1H3. The van der Waals surface area contributed by atoms with Crippen LogP contribution in [0.15, 0.2) is 0 Å². The molecule has 0 amide bonds. The third kappa shape index (κ3) is 4.04. The molecule has 1 rings (SSSR count). The maximum atomic E-state index is 8.83. The summed E-state index contributed by atoms with van der Waals surface area (Å²) in [5, 5.41) is 8.83. The first-order valence-electron chi connectivity index (χ1n) is 4.87. The van der Waals surface area contributed by atoms with Crippen LogP contribution in [0.3, 0.4) is 0 Å². The molecule has 0 aromatic rings. The van der Waals surface area contributed by atoms with Crippen LogP contribution in [0.2, 0.25) is 0 Å². The fourth-order valence-electron chi connectivity index (χ4n) is 1.43. The molecule has 0 spiro atoms. The molecule has 13 heavy (non-hydrogen) atoms. The largest absolute Gasteiger partial charge is 0.395 e. The third-order valence-corrected chi connectivity index (χ3v) is 2.35. The van der Waals surface area contributed by atoms with Gasteiger partial charge < -0.3 is 15.6 Å². The third-order valence-electron chi connectivity index (χ3n) is 2.35. The van der Waals surface area contributed by atoms with Gasteiger partial charge in [-0.25, -0.2) is 0 Å². The highest BCUT2D eigenvalue weighted by Gasteiger charge is 2.29. The summed E-state index contributed by atoms with van der Waals surface area (Å²) >= 11 is 0. The van der Waals surface area contributed by atoms with Gasteiger partial charge in [-0.15, -0.1) is 0 Å². The first-order valence-corrected chi connectivity index (χ1v) is 4.87. The molecule has 0 saturated heterocycles. The highest BCUT2D eigenvalue weighted by Crippen LogP contribution is 2.26. The van der Waals surface area contributed by atoms with Crippen LogP contribution >= 0.6 is 0 Å². The summed E-state index contributed by atoms with van der Waals surface area (Å²) in [7, 11) is 1.71. The molecule has 0 radical (unpaired) electrons. The summed E-state index contributed by atoms with van der Waals surface area (Å²) in [6.07, 6.45) is 2.53. The van der Waals surface area contributed by atoms with E-state index in [4.69, 9.17) is 15.6 Å². The van der Waals surface area contributed by atoms with Crippen LogP contribution in [0.5, 0.6) is 0 Å². The molecule has 3 N–H and O–H groups in total. The highest BCUT2D eigenvalue weighted by molar-refractivity contribution is 4.86. The van der Waals surface area contributed by atoms with Gasteiger partial charge in [-0.3, -0.25) is 4.90 Å². The minimum absolute atomic E-state index is 0.0657. The lowest BCUT2D eigenvalue weighted by Gasteiger charge is -2.24. The lowest BCUT2D eigenvalue weighted by Crippen LogP contribution is -2.42. The molecule has 4 heteroatoms. The van der Waals surface area contributed by atoms with Gasteiger partial charge in [0.1, 0.15) is 0 Å². The van der Waals surface area contributed by atoms with E-state index in [0.717, 1.165) is 19.7 Å². The molecule has 1 unspecified atom stereocenters. The molecule has 0 aromatic heterocycles. The summed E-state index contributed by atoms with van der Waals surface area (Å²) in [6, 6.07) is 0.574. The molecule has 0 heterocycles. The van der Waals surface area contributed by atoms with E-state index in [1.165, 1.54) is 12.8 Å². The van der Waals surface area contributed by atoms with Gasteiger partial charge >= 0.3 is 0 Å². The Morgan fingerprint density at radius 1 is 1.62 bits per heavy atom. The zero-order valence-corrected chi connectivity index (χ0v) is 8.28. The van der Waals surface area contributed by atoms with Crippen molar-refractivity contribution in [2.45, 2.75) is 24.9 Å². The summed E-state index contributed by atoms with van der Waals surface area (Å²) in [4.78, 5) is 2.31. The van der Waals surface area contributed by atoms with Crippen molar-refractivity contribution in [3.63, 3.8) is 0 Å². The van der Waals surface area contributed by atoms with Crippen molar-refractivity contribution in [3.8, 4) is 0 Å². The van der Waals surface area contributed by atoms with E-state index in [2.05, 4.69) is 4.90 Å². The van der Waals surface area contributed by atoms with Gasteiger partial charge in [-0.2, -0.15) is 0 Å². The minimum atomic E-state index is -0.113. The second kappa shape index (κ2) is 5.54. The van der Waals surface area contributed by atoms with Gasteiger partial charge in [0.25, 0.3) is 0 Å². The van der Waals surface area contributed by atoms with Gasteiger partial charge in [-0.05, 0) is 12.8 Å². The Morgan fingerprint density at radius 3 is 2.77 bits per heavy atom. The minimum Gasteiger partial charge on any atom is -0.395 e. The van der Waals surface area contributed by atoms with Gasteiger partial charge in [0, 0.05) is 32.3 Å². The molecule has 0 aromatic carbocycles. The Bertz CT molecular complexity index is 140. The number of methoxy groups -OCH3 is 1. The summed E-state index contributed by atoms with van der Waals surface area (Å²) in [5.74, 6) is 0. The lowest BCUT2D eigenvalue weighted by molar-refractivity contribution is 0.130. The van der Waals surface area contributed by atoms with Gasteiger partial charge in [0.05, 0.1) is 13.2 Å². The first-order chi connectivity index (χ1) is 6.27. The van der Waals surface area contributed by atoms with Crippen molar-refractivity contribution in [3.05, 3.63) is 0 Å². The average molecular weight is 188 g/mol. The van der Waals surface area contributed by atoms with Crippen molar-refractivity contribution in [1.29, 1.82) is 0 Å². The van der Waals surface area contributed by atoms with Crippen molar-refractivity contribution < 1.29 is 9.84 Å². The number of nitrogens with zero attached hydrogens (tertiary/aromatic N) is 1. The fraction of sp³-hybridized carbons (Fsp3) is 1.00. The Hall–Kier alpha value is -0.160. The molecule has 1 saturated carbocycles. The topological polar surface area (TPSA) is 58.7 Å². The summed E-state index contributed by atoms with van der Waals surface area (Å²) in [5.41, 5.74) is 5.68. The Balaban J connectivity index is 2.20. The van der Waals surface area contributed by atoms with E-state index in [1.807, 2.05) is 0 Å². The molecule has 1 aliphatic carbocycles. The zero-order chi connectivity index (χ0) is 9.68. The molecule has 0 aliphatic heterocycles. The number of aliphatic hydroxyl groups is 1. The maximum Gasteiger partial charge on any atom is 0.0595 e. The highest BCUT2D eigenvalue weighted by atomic mass is 16.5. The van der Waals surface area contributed by atoms with Crippen LogP contribution < -0.4 is 5.73 Å². The van der Waals surface area contributed by atoms with E-state index >= 15 is 0 Å². The van der Waals surface area contributed by atoms with Crippen LogP contribution in [0.4, 0.5) is 0 Å².